The van der Waals surface area contributed by atoms with Crippen LogP contribution in [0.2, 0.25) is 0 Å². The average molecular weight is 246 g/mol. The third kappa shape index (κ3) is 2.68. The first-order valence-corrected chi connectivity index (χ1v) is 5.99. The van der Waals surface area contributed by atoms with Gasteiger partial charge in [-0.2, -0.15) is 0 Å². The summed E-state index contributed by atoms with van der Waals surface area (Å²) >= 11 is 0. The number of nitrogens with zero attached hydrogens (tertiary/aromatic N) is 3. The zero-order chi connectivity index (χ0) is 13.1. The smallest absolute Gasteiger partial charge is 0.171 e. The van der Waals surface area contributed by atoms with Gasteiger partial charge >= 0.3 is 0 Å². The second kappa shape index (κ2) is 5.18. The highest BCUT2D eigenvalue weighted by atomic mass is 16.3. The lowest BCUT2D eigenvalue weighted by Gasteiger charge is -2.20. The molecule has 5 heteroatoms. The second-order valence-electron chi connectivity index (χ2n) is 4.48. The minimum atomic E-state index is -0.331. The van der Waals surface area contributed by atoms with Gasteiger partial charge in [-0.3, -0.25) is 0 Å². The number of aliphatic hydroxyl groups is 1. The number of hydrogen-bond donors (Lipinski definition) is 2. The molecule has 0 saturated heterocycles. The molecule has 3 N–H and O–H groups in total. The number of nitrogens with two attached hydrogens (primary N) is 1. The Morgan fingerprint density at radius 1 is 1.28 bits per heavy atom. The van der Waals surface area contributed by atoms with Gasteiger partial charge in [0, 0.05) is 13.6 Å². The van der Waals surface area contributed by atoms with E-state index in [0.717, 1.165) is 11.0 Å². The minimum Gasteiger partial charge on any atom is -0.393 e. The quantitative estimate of drug-likeness (QED) is 0.853. The van der Waals surface area contributed by atoms with E-state index >= 15 is 0 Å². The van der Waals surface area contributed by atoms with Crippen LogP contribution in [0.25, 0.3) is 11.0 Å². The summed E-state index contributed by atoms with van der Waals surface area (Å²) in [4.78, 5) is 10.8. The monoisotopic (exact) mass is 246 g/mol. The zero-order valence-electron chi connectivity index (χ0n) is 10.7. The van der Waals surface area contributed by atoms with Gasteiger partial charge in [-0.15, -0.1) is 0 Å². The normalized spacial score (nSPS) is 12.6. The molecule has 1 unspecified atom stereocenters. The third-order valence-corrected chi connectivity index (χ3v) is 2.82. The van der Waals surface area contributed by atoms with E-state index in [-0.39, 0.29) is 6.10 Å². The van der Waals surface area contributed by atoms with Gasteiger partial charge in [0.15, 0.2) is 11.6 Å². The summed E-state index contributed by atoms with van der Waals surface area (Å²) < 4.78 is 0. The van der Waals surface area contributed by atoms with Crippen molar-refractivity contribution in [3.05, 3.63) is 24.3 Å². The van der Waals surface area contributed by atoms with Crippen molar-refractivity contribution in [3.63, 3.8) is 0 Å². The summed E-state index contributed by atoms with van der Waals surface area (Å²) in [6, 6.07) is 7.63. The standard InChI is InChI=1S/C13H18N4O/c1-9(18)7-8-17(2)13-12(14)15-10-5-3-4-6-11(10)16-13/h3-6,9,18H,7-8H2,1-2H3,(H2,14,15). The van der Waals surface area contributed by atoms with Crippen molar-refractivity contribution in [2.45, 2.75) is 19.4 Å². The summed E-state index contributed by atoms with van der Waals surface area (Å²) in [7, 11) is 1.90. The summed E-state index contributed by atoms with van der Waals surface area (Å²) in [5.41, 5.74) is 7.53. The number of benzene rings is 1. The maximum atomic E-state index is 9.30. The molecule has 0 saturated carbocycles. The highest BCUT2D eigenvalue weighted by Gasteiger charge is 2.10. The van der Waals surface area contributed by atoms with E-state index in [1.54, 1.807) is 6.92 Å². The Labute approximate surface area is 106 Å². The Kier molecular flexibility index (Phi) is 3.62. The van der Waals surface area contributed by atoms with Crippen LogP contribution >= 0.6 is 0 Å². The van der Waals surface area contributed by atoms with Crippen LogP contribution in [0.15, 0.2) is 24.3 Å². The first kappa shape index (κ1) is 12.6. The largest absolute Gasteiger partial charge is 0.393 e. The number of fused-ring (bicyclic) bond motifs is 1. The fraction of sp³-hybridized carbons (Fsp3) is 0.385. The van der Waals surface area contributed by atoms with Crippen LogP contribution in [0.1, 0.15) is 13.3 Å². The molecule has 0 spiro atoms. The molecule has 0 amide bonds. The van der Waals surface area contributed by atoms with Gasteiger partial charge in [0.1, 0.15) is 0 Å². The van der Waals surface area contributed by atoms with Crippen molar-refractivity contribution in [2.24, 2.45) is 0 Å². The summed E-state index contributed by atoms with van der Waals surface area (Å²) in [5, 5.41) is 9.30. The van der Waals surface area contributed by atoms with Gasteiger partial charge in [0.05, 0.1) is 17.1 Å². The molecule has 0 aliphatic heterocycles. The van der Waals surface area contributed by atoms with Crippen LogP contribution in [0, 0.1) is 0 Å². The Morgan fingerprint density at radius 2 is 1.89 bits per heavy atom. The molecule has 0 bridgehead atoms. The van der Waals surface area contributed by atoms with Crippen LogP contribution in [0.3, 0.4) is 0 Å². The lowest BCUT2D eigenvalue weighted by atomic mass is 10.2. The van der Waals surface area contributed by atoms with E-state index in [1.807, 2.05) is 36.2 Å². The molecule has 18 heavy (non-hydrogen) atoms. The molecule has 0 aliphatic carbocycles. The van der Waals surface area contributed by atoms with Crippen molar-refractivity contribution >= 4 is 22.7 Å². The van der Waals surface area contributed by atoms with Crippen LogP contribution in [0.4, 0.5) is 11.6 Å². The van der Waals surface area contributed by atoms with E-state index in [0.29, 0.717) is 24.6 Å². The SMILES string of the molecule is CC(O)CCN(C)c1nc2ccccc2nc1N. The van der Waals surface area contributed by atoms with Gasteiger partial charge in [0.2, 0.25) is 0 Å². The number of hydrogen-bond acceptors (Lipinski definition) is 5. The predicted molar refractivity (Wildman–Crippen MR) is 73.5 cm³/mol. The van der Waals surface area contributed by atoms with Crippen LogP contribution in [-0.4, -0.2) is 34.8 Å². The molecular weight excluding hydrogens is 228 g/mol. The molecule has 0 aliphatic rings. The fourth-order valence-corrected chi connectivity index (χ4v) is 1.77. The van der Waals surface area contributed by atoms with Gasteiger partial charge in [-0.25, -0.2) is 9.97 Å². The Morgan fingerprint density at radius 3 is 2.50 bits per heavy atom. The van der Waals surface area contributed by atoms with Gasteiger partial charge in [-0.1, -0.05) is 12.1 Å². The highest BCUT2D eigenvalue weighted by molar-refractivity contribution is 5.79. The topological polar surface area (TPSA) is 75.3 Å². The molecule has 1 heterocycles. The summed E-state index contributed by atoms with van der Waals surface area (Å²) in [5.74, 6) is 1.08. The average Bonchev–Trinajstić information content (AvgIpc) is 2.35. The van der Waals surface area contributed by atoms with Crippen molar-refractivity contribution in [1.82, 2.24) is 9.97 Å². The van der Waals surface area contributed by atoms with Crippen LogP contribution < -0.4 is 10.6 Å². The van der Waals surface area contributed by atoms with Gasteiger partial charge in [0.25, 0.3) is 0 Å². The third-order valence-electron chi connectivity index (χ3n) is 2.82. The molecular formula is C13H18N4O. The number of para-hydroxylation sites is 2. The fourth-order valence-electron chi connectivity index (χ4n) is 1.77. The summed E-state index contributed by atoms with van der Waals surface area (Å²) in [6.07, 6.45) is 0.340. The molecule has 1 atom stereocenters. The van der Waals surface area contributed by atoms with E-state index in [1.165, 1.54) is 0 Å². The molecule has 1 aromatic heterocycles. The Bertz CT molecular complexity index is 542. The maximum absolute atomic E-state index is 9.30. The van der Waals surface area contributed by atoms with Crippen molar-refractivity contribution in [3.8, 4) is 0 Å². The van der Waals surface area contributed by atoms with E-state index in [2.05, 4.69) is 9.97 Å². The molecule has 2 aromatic rings. The van der Waals surface area contributed by atoms with Crippen LogP contribution in [-0.2, 0) is 0 Å². The van der Waals surface area contributed by atoms with Crippen molar-refractivity contribution < 1.29 is 5.11 Å². The lowest BCUT2D eigenvalue weighted by molar-refractivity contribution is 0.187. The van der Waals surface area contributed by atoms with Gasteiger partial charge < -0.3 is 15.7 Å². The van der Waals surface area contributed by atoms with Gasteiger partial charge in [-0.05, 0) is 25.5 Å². The zero-order valence-corrected chi connectivity index (χ0v) is 10.7. The lowest BCUT2D eigenvalue weighted by Crippen LogP contribution is -2.24. The van der Waals surface area contributed by atoms with E-state index < -0.39 is 0 Å². The number of aliphatic hydroxyl groups excluding tert-OH is 1. The number of nitrogen functional groups attached to an aromatic ring is 1. The number of aromatic nitrogens is 2. The van der Waals surface area contributed by atoms with Crippen LogP contribution in [0.5, 0.6) is 0 Å². The molecule has 0 radical (unpaired) electrons. The molecule has 2 rings (SSSR count). The molecule has 96 valence electrons. The number of rotatable bonds is 4. The maximum Gasteiger partial charge on any atom is 0.171 e. The highest BCUT2D eigenvalue weighted by Crippen LogP contribution is 2.21. The summed E-state index contributed by atoms with van der Waals surface area (Å²) in [6.45, 7) is 2.46. The van der Waals surface area contributed by atoms with E-state index in [9.17, 15) is 5.11 Å². The predicted octanol–water partition coefficient (Wildman–Crippen LogP) is 1.42. The molecule has 0 fully saturated rings. The molecule has 1 aromatic carbocycles. The van der Waals surface area contributed by atoms with Crippen molar-refractivity contribution in [1.29, 1.82) is 0 Å². The van der Waals surface area contributed by atoms with Crippen molar-refractivity contribution in [2.75, 3.05) is 24.2 Å². The Balaban J connectivity index is 2.29. The minimum absolute atomic E-state index is 0.331. The molecule has 5 nitrogen and oxygen atoms in total. The first-order valence-electron chi connectivity index (χ1n) is 5.99. The Hall–Kier alpha value is -1.88. The second-order valence-corrected chi connectivity index (χ2v) is 4.48. The van der Waals surface area contributed by atoms with E-state index in [4.69, 9.17) is 5.73 Å². The number of anilines is 2. The first-order chi connectivity index (χ1) is 8.58.